The summed E-state index contributed by atoms with van der Waals surface area (Å²) in [5, 5.41) is 2.52. The molecule has 0 unspecified atom stereocenters. The summed E-state index contributed by atoms with van der Waals surface area (Å²) in [4.78, 5) is 23.8. The maximum absolute atomic E-state index is 12.8. The van der Waals surface area contributed by atoms with Crippen LogP contribution in [0.2, 0.25) is 0 Å². The second kappa shape index (κ2) is 8.07. The Morgan fingerprint density at radius 3 is 2.08 bits per heavy atom. The smallest absolute Gasteiger partial charge is 0.338 e. The Morgan fingerprint density at radius 1 is 0.808 bits per heavy atom. The van der Waals surface area contributed by atoms with Crippen molar-refractivity contribution in [3.8, 4) is 11.1 Å². The summed E-state index contributed by atoms with van der Waals surface area (Å²) in [7, 11) is 0. The molecule has 0 fully saturated rings. The van der Waals surface area contributed by atoms with E-state index in [0.29, 0.717) is 11.3 Å². The highest BCUT2D eigenvalue weighted by molar-refractivity contribution is 5.95. The van der Waals surface area contributed by atoms with Gasteiger partial charge in [-0.25, -0.2) is 9.18 Å². The molecule has 26 heavy (non-hydrogen) atoms. The molecule has 5 heteroatoms. The Labute approximate surface area is 150 Å². The lowest BCUT2D eigenvalue weighted by Gasteiger charge is -2.07. The van der Waals surface area contributed by atoms with E-state index in [9.17, 15) is 14.0 Å². The van der Waals surface area contributed by atoms with Gasteiger partial charge < -0.3 is 10.1 Å². The lowest BCUT2D eigenvalue weighted by atomic mass is 10.0. The van der Waals surface area contributed by atoms with Crippen molar-refractivity contribution in [1.82, 2.24) is 0 Å². The van der Waals surface area contributed by atoms with Gasteiger partial charge in [0.05, 0.1) is 5.56 Å². The SMILES string of the molecule is O=C(COC(=O)c1ccc(-c2ccccc2)cc1)Nc1ccc(F)cc1. The van der Waals surface area contributed by atoms with Crippen LogP contribution < -0.4 is 5.32 Å². The summed E-state index contributed by atoms with van der Waals surface area (Å²) in [6.07, 6.45) is 0. The minimum absolute atomic E-state index is 0.360. The van der Waals surface area contributed by atoms with Gasteiger partial charge in [0.25, 0.3) is 5.91 Å². The number of esters is 1. The molecule has 0 aliphatic carbocycles. The average molecular weight is 349 g/mol. The molecule has 0 aromatic heterocycles. The van der Waals surface area contributed by atoms with Gasteiger partial charge >= 0.3 is 5.97 Å². The number of rotatable bonds is 5. The van der Waals surface area contributed by atoms with Crippen LogP contribution in [-0.4, -0.2) is 18.5 Å². The van der Waals surface area contributed by atoms with Gasteiger partial charge in [0, 0.05) is 5.69 Å². The van der Waals surface area contributed by atoms with Crippen molar-refractivity contribution in [2.24, 2.45) is 0 Å². The van der Waals surface area contributed by atoms with Crippen LogP contribution in [0.15, 0.2) is 78.9 Å². The molecule has 3 aromatic rings. The Balaban J connectivity index is 1.54. The number of amides is 1. The Morgan fingerprint density at radius 2 is 1.42 bits per heavy atom. The highest BCUT2D eigenvalue weighted by Crippen LogP contribution is 2.19. The number of carbonyl (C=O) groups is 2. The summed E-state index contributed by atoms with van der Waals surface area (Å²) in [6, 6.07) is 22.1. The zero-order valence-corrected chi connectivity index (χ0v) is 13.8. The van der Waals surface area contributed by atoms with Crippen LogP contribution >= 0.6 is 0 Å². The lowest BCUT2D eigenvalue weighted by Crippen LogP contribution is -2.20. The molecule has 0 heterocycles. The third-order valence-corrected chi connectivity index (χ3v) is 3.69. The van der Waals surface area contributed by atoms with E-state index in [1.165, 1.54) is 24.3 Å². The van der Waals surface area contributed by atoms with Crippen LogP contribution in [0.4, 0.5) is 10.1 Å². The van der Waals surface area contributed by atoms with E-state index in [0.717, 1.165) is 11.1 Å². The van der Waals surface area contributed by atoms with E-state index in [1.807, 2.05) is 42.5 Å². The molecule has 0 radical (unpaired) electrons. The maximum atomic E-state index is 12.8. The second-order valence-corrected chi connectivity index (χ2v) is 5.57. The zero-order chi connectivity index (χ0) is 18.4. The standard InChI is InChI=1S/C21H16FNO3/c22-18-10-12-19(13-11-18)23-20(24)14-26-21(25)17-8-6-16(7-9-17)15-4-2-1-3-5-15/h1-13H,14H2,(H,23,24). The van der Waals surface area contributed by atoms with E-state index < -0.39 is 24.3 Å². The summed E-state index contributed by atoms with van der Waals surface area (Å²) in [5.74, 6) is -1.47. The number of anilines is 1. The molecule has 0 spiro atoms. The number of ether oxygens (including phenoxy) is 1. The number of halogens is 1. The van der Waals surface area contributed by atoms with Crippen molar-refractivity contribution < 1.29 is 18.7 Å². The van der Waals surface area contributed by atoms with Crippen molar-refractivity contribution in [1.29, 1.82) is 0 Å². The molecule has 0 saturated carbocycles. The summed E-state index contributed by atoms with van der Waals surface area (Å²) >= 11 is 0. The van der Waals surface area contributed by atoms with Crippen molar-refractivity contribution in [2.75, 3.05) is 11.9 Å². The van der Waals surface area contributed by atoms with Crippen molar-refractivity contribution in [3.63, 3.8) is 0 Å². The minimum Gasteiger partial charge on any atom is -0.452 e. The fourth-order valence-corrected chi connectivity index (χ4v) is 2.37. The topological polar surface area (TPSA) is 55.4 Å². The van der Waals surface area contributed by atoms with Crippen molar-refractivity contribution in [2.45, 2.75) is 0 Å². The third-order valence-electron chi connectivity index (χ3n) is 3.69. The van der Waals surface area contributed by atoms with Crippen LogP contribution in [0.5, 0.6) is 0 Å². The molecule has 3 aromatic carbocycles. The van der Waals surface area contributed by atoms with Crippen LogP contribution in [0.3, 0.4) is 0 Å². The van der Waals surface area contributed by atoms with Crippen LogP contribution in [-0.2, 0) is 9.53 Å². The van der Waals surface area contributed by atoms with Gasteiger partial charge in [-0.3, -0.25) is 4.79 Å². The summed E-state index contributed by atoms with van der Waals surface area (Å²) in [6.45, 7) is -0.420. The molecule has 0 aliphatic rings. The third kappa shape index (κ3) is 4.54. The number of hydrogen-bond donors (Lipinski definition) is 1. The van der Waals surface area contributed by atoms with Gasteiger partial charge in [-0.1, -0.05) is 42.5 Å². The molecule has 0 aliphatic heterocycles. The van der Waals surface area contributed by atoms with E-state index in [2.05, 4.69) is 5.32 Å². The van der Waals surface area contributed by atoms with E-state index in [4.69, 9.17) is 4.74 Å². The van der Waals surface area contributed by atoms with Crippen molar-refractivity contribution >= 4 is 17.6 Å². The highest BCUT2D eigenvalue weighted by atomic mass is 19.1. The van der Waals surface area contributed by atoms with E-state index in [1.54, 1.807) is 12.1 Å². The number of hydrogen-bond acceptors (Lipinski definition) is 3. The first-order chi connectivity index (χ1) is 12.6. The second-order valence-electron chi connectivity index (χ2n) is 5.57. The largest absolute Gasteiger partial charge is 0.452 e. The van der Waals surface area contributed by atoms with Gasteiger partial charge in [0.1, 0.15) is 5.82 Å². The number of nitrogens with one attached hydrogen (secondary N) is 1. The van der Waals surface area contributed by atoms with Crippen LogP contribution in [0.25, 0.3) is 11.1 Å². The van der Waals surface area contributed by atoms with Gasteiger partial charge in [-0.2, -0.15) is 0 Å². The molecule has 1 amide bonds. The van der Waals surface area contributed by atoms with Crippen LogP contribution in [0.1, 0.15) is 10.4 Å². The summed E-state index contributed by atoms with van der Waals surface area (Å²) in [5.41, 5.74) is 2.82. The first kappa shape index (κ1) is 17.4. The molecular formula is C21H16FNO3. The van der Waals surface area contributed by atoms with E-state index >= 15 is 0 Å². The van der Waals surface area contributed by atoms with Gasteiger partial charge in [-0.05, 0) is 47.5 Å². The first-order valence-corrected chi connectivity index (χ1v) is 8.00. The van der Waals surface area contributed by atoms with E-state index in [-0.39, 0.29) is 0 Å². The molecule has 0 saturated heterocycles. The van der Waals surface area contributed by atoms with Crippen LogP contribution in [0, 0.1) is 5.82 Å². The average Bonchev–Trinajstić information content (AvgIpc) is 2.69. The number of carbonyl (C=O) groups excluding carboxylic acids is 2. The zero-order valence-electron chi connectivity index (χ0n) is 13.8. The predicted octanol–water partition coefficient (Wildman–Crippen LogP) is 4.29. The predicted molar refractivity (Wildman–Crippen MR) is 97.2 cm³/mol. The Hall–Kier alpha value is -3.47. The van der Waals surface area contributed by atoms with Crippen molar-refractivity contribution in [3.05, 3.63) is 90.2 Å². The number of benzene rings is 3. The molecular weight excluding hydrogens is 333 g/mol. The molecule has 3 rings (SSSR count). The molecule has 130 valence electrons. The monoisotopic (exact) mass is 349 g/mol. The Bertz CT molecular complexity index is 891. The normalized spacial score (nSPS) is 10.2. The lowest BCUT2D eigenvalue weighted by molar-refractivity contribution is -0.119. The minimum atomic E-state index is -0.584. The summed E-state index contributed by atoms with van der Waals surface area (Å²) < 4.78 is 17.8. The Kier molecular flexibility index (Phi) is 5.39. The fraction of sp³-hybridized carbons (Fsp3) is 0.0476. The molecule has 1 N–H and O–H groups in total. The highest BCUT2D eigenvalue weighted by Gasteiger charge is 2.11. The molecule has 0 bridgehead atoms. The van der Waals surface area contributed by atoms with Gasteiger partial charge in [0.2, 0.25) is 0 Å². The molecule has 4 nitrogen and oxygen atoms in total. The quantitative estimate of drug-likeness (QED) is 0.699. The maximum Gasteiger partial charge on any atom is 0.338 e. The first-order valence-electron chi connectivity index (χ1n) is 8.00. The fourth-order valence-electron chi connectivity index (χ4n) is 2.37. The molecule has 0 atom stereocenters. The van der Waals surface area contributed by atoms with Gasteiger partial charge in [0.15, 0.2) is 6.61 Å². The van der Waals surface area contributed by atoms with Gasteiger partial charge in [-0.15, -0.1) is 0 Å².